The summed E-state index contributed by atoms with van der Waals surface area (Å²) in [6, 6.07) is 3.45. The van der Waals surface area contributed by atoms with Crippen LogP contribution in [-0.2, 0) is 16.4 Å². The Kier molecular flexibility index (Phi) is 4.65. The molecular formula is C14H19N3O2S2. The SMILES string of the molecule is Cc1csc(CCNS(=O)(=O)c2c(N)ccc(C)c2C)n1. The second-order valence-corrected chi connectivity index (χ2v) is 7.60. The summed E-state index contributed by atoms with van der Waals surface area (Å²) in [6.45, 7) is 5.86. The molecule has 0 aliphatic heterocycles. The molecule has 0 atom stereocenters. The summed E-state index contributed by atoms with van der Waals surface area (Å²) in [6.07, 6.45) is 0.572. The fraction of sp³-hybridized carbons (Fsp3) is 0.357. The van der Waals surface area contributed by atoms with Gasteiger partial charge in [0.15, 0.2) is 0 Å². The molecule has 114 valence electrons. The van der Waals surface area contributed by atoms with E-state index in [1.54, 1.807) is 13.0 Å². The first-order valence-electron chi connectivity index (χ1n) is 6.57. The summed E-state index contributed by atoms with van der Waals surface area (Å²) in [4.78, 5) is 4.49. The summed E-state index contributed by atoms with van der Waals surface area (Å²) >= 11 is 1.53. The van der Waals surface area contributed by atoms with E-state index >= 15 is 0 Å². The van der Waals surface area contributed by atoms with Crippen LogP contribution in [0.15, 0.2) is 22.4 Å². The number of sulfonamides is 1. The lowest BCUT2D eigenvalue weighted by atomic mass is 10.1. The Balaban J connectivity index is 2.14. The zero-order valence-electron chi connectivity index (χ0n) is 12.3. The summed E-state index contributed by atoms with van der Waals surface area (Å²) in [5.41, 5.74) is 8.65. The van der Waals surface area contributed by atoms with Crippen molar-refractivity contribution in [3.8, 4) is 0 Å². The van der Waals surface area contributed by atoms with E-state index < -0.39 is 10.0 Å². The minimum Gasteiger partial charge on any atom is -0.398 e. The Morgan fingerprint density at radius 2 is 2.00 bits per heavy atom. The summed E-state index contributed by atoms with van der Waals surface area (Å²) in [5.74, 6) is 0. The largest absolute Gasteiger partial charge is 0.398 e. The first-order valence-corrected chi connectivity index (χ1v) is 8.94. The number of nitrogen functional groups attached to an aromatic ring is 1. The van der Waals surface area contributed by atoms with Gasteiger partial charge in [-0.1, -0.05) is 6.07 Å². The molecule has 2 aromatic rings. The van der Waals surface area contributed by atoms with Crippen LogP contribution in [0.1, 0.15) is 21.8 Å². The quantitative estimate of drug-likeness (QED) is 0.825. The molecule has 0 saturated heterocycles. The van der Waals surface area contributed by atoms with E-state index in [1.165, 1.54) is 11.3 Å². The minimum atomic E-state index is -3.61. The van der Waals surface area contributed by atoms with Crippen LogP contribution < -0.4 is 10.5 Å². The maximum Gasteiger partial charge on any atom is 0.242 e. The van der Waals surface area contributed by atoms with Crippen LogP contribution in [-0.4, -0.2) is 19.9 Å². The van der Waals surface area contributed by atoms with Gasteiger partial charge in [0.2, 0.25) is 10.0 Å². The van der Waals surface area contributed by atoms with Crippen LogP contribution in [0.5, 0.6) is 0 Å². The topological polar surface area (TPSA) is 85.1 Å². The van der Waals surface area contributed by atoms with Crippen molar-refractivity contribution in [2.45, 2.75) is 32.1 Å². The summed E-state index contributed by atoms with van der Waals surface area (Å²) in [7, 11) is -3.61. The zero-order chi connectivity index (χ0) is 15.6. The van der Waals surface area contributed by atoms with Crippen molar-refractivity contribution < 1.29 is 8.42 Å². The average molecular weight is 325 g/mol. The molecule has 2 rings (SSSR count). The number of rotatable bonds is 5. The number of aryl methyl sites for hydroxylation is 2. The van der Waals surface area contributed by atoms with Crippen molar-refractivity contribution in [3.63, 3.8) is 0 Å². The molecule has 0 bridgehead atoms. The Bertz CT molecular complexity index is 752. The number of hydrogen-bond donors (Lipinski definition) is 2. The van der Waals surface area contributed by atoms with E-state index in [-0.39, 0.29) is 10.6 Å². The van der Waals surface area contributed by atoms with Gasteiger partial charge in [0, 0.05) is 24.0 Å². The third-order valence-corrected chi connectivity index (χ3v) is 5.96. The summed E-state index contributed by atoms with van der Waals surface area (Å²) < 4.78 is 27.4. The smallest absolute Gasteiger partial charge is 0.242 e. The molecule has 7 heteroatoms. The highest BCUT2D eigenvalue weighted by atomic mass is 32.2. The van der Waals surface area contributed by atoms with Gasteiger partial charge in [0.1, 0.15) is 4.90 Å². The number of hydrogen-bond acceptors (Lipinski definition) is 5. The number of aromatic nitrogens is 1. The lowest BCUT2D eigenvalue weighted by molar-refractivity contribution is 0.581. The fourth-order valence-electron chi connectivity index (χ4n) is 2.05. The fourth-order valence-corrected chi connectivity index (χ4v) is 4.28. The van der Waals surface area contributed by atoms with E-state index in [0.717, 1.165) is 16.3 Å². The Morgan fingerprint density at radius 1 is 1.29 bits per heavy atom. The van der Waals surface area contributed by atoms with Gasteiger partial charge < -0.3 is 5.73 Å². The van der Waals surface area contributed by atoms with Gasteiger partial charge in [-0.15, -0.1) is 11.3 Å². The van der Waals surface area contributed by atoms with Gasteiger partial charge in [-0.25, -0.2) is 18.1 Å². The lowest BCUT2D eigenvalue weighted by Crippen LogP contribution is -2.27. The van der Waals surface area contributed by atoms with E-state index in [4.69, 9.17) is 5.73 Å². The van der Waals surface area contributed by atoms with Gasteiger partial charge in [0.25, 0.3) is 0 Å². The van der Waals surface area contributed by atoms with Crippen molar-refractivity contribution in [2.24, 2.45) is 0 Å². The Morgan fingerprint density at radius 3 is 2.62 bits per heavy atom. The number of thiazole rings is 1. The molecule has 5 nitrogen and oxygen atoms in total. The average Bonchev–Trinajstić information content (AvgIpc) is 2.80. The standard InChI is InChI=1S/C14H19N3O2S2/c1-9-4-5-12(15)14(11(9)3)21(18,19)16-7-6-13-17-10(2)8-20-13/h4-5,8,16H,6-7,15H2,1-3H3. The van der Waals surface area contributed by atoms with Gasteiger partial charge in [-0.3, -0.25) is 0 Å². The van der Waals surface area contributed by atoms with Crippen LogP contribution in [0.2, 0.25) is 0 Å². The predicted molar refractivity (Wildman–Crippen MR) is 86.1 cm³/mol. The molecule has 0 amide bonds. The van der Waals surface area contributed by atoms with E-state index in [9.17, 15) is 8.42 Å². The molecule has 1 heterocycles. The second kappa shape index (κ2) is 6.13. The Labute approximate surface area is 129 Å². The molecular weight excluding hydrogens is 306 g/mol. The third kappa shape index (κ3) is 3.61. The molecule has 0 fully saturated rings. The van der Waals surface area contributed by atoms with E-state index in [2.05, 4.69) is 9.71 Å². The number of benzene rings is 1. The van der Waals surface area contributed by atoms with Gasteiger partial charge in [-0.05, 0) is 38.0 Å². The second-order valence-electron chi connectivity index (χ2n) is 4.96. The normalized spacial score (nSPS) is 11.8. The number of anilines is 1. The molecule has 0 aliphatic rings. The van der Waals surface area contributed by atoms with Gasteiger partial charge in [0.05, 0.1) is 10.7 Å². The molecule has 0 radical (unpaired) electrons. The highest BCUT2D eigenvalue weighted by Gasteiger charge is 2.20. The molecule has 1 aromatic carbocycles. The third-order valence-electron chi connectivity index (χ3n) is 3.27. The molecule has 0 aliphatic carbocycles. The van der Waals surface area contributed by atoms with E-state index in [1.807, 2.05) is 25.3 Å². The lowest BCUT2D eigenvalue weighted by Gasteiger charge is -2.13. The molecule has 21 heavy (non-hydrogen) atoms. The first kappa shape index (κ1) is 15.9. The number of nitrogens with zero attached hydrogens (tertiary/aromatic N) is 1. The predicted octanol–water partition coefficient (Wildman–Crippen LogP) is 2.17. The maximum absolute atomic E-state index is 12.4. The van der Waals surface area contributed by atoms with Crippen molar-refractivity contribution in [3.05, 3.63) is 39.3 Å². The van der Waals surface area contributed by atoms with Crippen molar-refractivity contribution in [1.29, 1.82) is 0 Å². The molecule has 1 aromatic heterocycles. The summed E-state index contributed by atoms with van der Waals surface area (Å²) in [5, 5.41) is 2.87. The van der Waals surface area contributed by atoms with Crippen LogP contribution in [0.3, 0.4) is 0 Å². The molecule has 3 N–H and O–H groups in total. The molecule has 0 saturated carbocycles. The highest BCUT2D eigenvalue weighted by molar-refractivity contribution is 7.89. The van der Waals surface area contributed by atoms with Gasteiger partial charge in [-0.2, -0.15) is 0 Å². The monoisotopic (exact) mass is 325 g/mol. The van der Waals surface area contributed by atoms with Crippen molar-refractivity contribution in [1.82, 2.24) is 9.71 Å². The van der Waals surface area contributed by atoms with Crippen LogP contribution in [0, 0.1) is 20.8 Å². The Hall–Kier alpha value is -1.44. The van der Waals surface area contributed by atoms with Crippen LogP contribution in [0.25, 0.3) is 0 Å². The van der Waals surface area contributed by atoms with Crippen LogP contribution in [0.4, 0.5) is 5.69 Å². The minimum absolute atomic E-state index is 0.179. The van der Waals surface area contributed by atoms with Crippen molar-refractivity contribution in [2.75, 3.05) is 12.3 Å². The first-order chi connectivity index (χ1) is 9.81. The number of nitrogens with two attached hydrogens (primary N) is 1. The van der Waals surface area contributed by atoms with Gasteiger partial charge >= 0.3 is 0 Å². The molecule has 0 unspecified atom stereocenters. The number of nitrogens with one attached hydrogen (secondary N) is 1. The van der Waals surface area contributed by atoms with Crippen molar-refractivity contribution >= 4 is 27.0 Å². The highest BCUT2D eigenvalue weighted by Crippen LogP contribution is 2.25. The van der Waals surface area contributed by atoms with E-state index in [0.29, 0.717) is 18.5 Å². The zero-order valence-corrected chi connectivity index (χ0v) is 13.9. The maximum atomic E-state index is 12.4. The van der Waals surface area contributed by atoms with Crippen LogP contribution >= 0.6 is 11.3 Å². The molecule has 0 spiro atoms.